The zero-order valence-corrected chi connectivity index (χ0v) is 11.0. The molecule has 2 atom stereocenters. The molecule has 0 radical (unpaired) electrons. The summed E-state index contributed by atoms with van der Waals surface area (Å²) >= 11 is 0. The number of aromatic nitrogens is 1. The van der Waals surface area contributed by atoms with Crippen molar-refractivity contribution in [3.63, 3.8) is 0 Å². The van der Waals surface area contributed by atoms with E-state index in [-0.39, 0.29) is 11.9 Å². The second kappa shape index (κ2) is 5.67. The summed E-state index contributed by atoms with van der Waals surface area (Å²) in [6, 6.07) is 8.23. The lowest BCUT2D eigenvalue weighted by molar-refractivity contribution is -0.123. The van der Waals surface area contributed by atoms with E-state index in [0.717, 1.165) is 5.56 Å². The Morgan fingerprint density at radius 2 is 2.05 bits per heavy atom. The summed E-state index contributed by atoms with van der Waals surface area (Å²) in [7, 11) is 0. The van der Waals surface area contributed by atoms with E-state index in [9.17, 15) is 4.79 Å². The van der Waals surface area contributed by atoms with Crippen LogP contribution in [0, 0.1) is 6.92 Å². The highest BCUT2D eigenvalue weighted by atomic mass is 16.4. The molecule has 5 heteroatoms. The van der Waals surface area contributed by atoms with E-state index in [4.69, 9.17) is 10.2 Å². The van der Waals surface area contributed by atoms with E-state index >= 15 is 0 Å². The van der Waals surface area contributed by atoms with Gasteiger partial charge in [-0.1, -0.05) is 30.3 Å². The molecule has 1 heterocycles. The third kappa shape index (κ3) is 3.20. The van der Waals surface area contributed by atoms with Crippen LogP contribution in [0.5, 0.6) is 0 Å². The van der Waals surface area contributed by atoms with Gasteiger partial charge < -0.3 is 15.5 Å². The van der Waals surface area contributed by atoms with Gasteiger partial charge in [0.1, 0.15) is 17.8 Å². The Balaban J connectivity index is 2.01. The van der Waals surface area contributed by atoms with Crippen LogP contribution in [0.1, 0.15) is 36.2 Å². The van der Waals surface area contributed by atoms with Crippen molar-refractivity contribution in [2.75, 3.05) is 0 Å². The topological polar surface area (TPSA) is 81.2 Å². The highest BCUT2D eigenvalue weighted by molar-refractivity contribution is 5.83. The van der Waals surface area contributed by atoms with Crippen LogP contribution in [0.15, 0.2) is 40.9 Å². The molecule has 0 saturated heterocycles. The Bertz CT molecular complexity index is 551. The number of hydrogen-bond donors (Lipinski definition) is 2. The summed E-state index contributed by atoms with van der Waals surface area (Å²) in [4.78, 5) is 16.1. The Labute approximate surface area is 111 Å². The first-order valence-corrected chi connectivity index (χ1v) is 6.11. The monoisotopic (exact) mass is 259 g/mol. The van der Waals surface area contributed by atoms with Gasteiger partial charge in [0, 0.05) is 0 Å². The molecule has 1 amide bonds. The molecular formula is C14H17N3O2. The first-order valence-electron chi connectivity index (χ1n) is 6.11. The molecule has 0 saturated carbocycles. The van der Waals surface area contributed by atoms with E-state index in [2.05, 4.69) is 10.3 Å². The zero-order valence-electron chi connectivity index (χ0n) is 11.0. The molecule has 0 aliphatic rings. The number of hydrogen-bond acceptors (Lipinski definition) is 4. The summed E-state index contributed by atoms with van der Waals surface area (Å²) in [6.45, 7) is 3.61. The smallest absolute Gasteiger partial charge is 0.242 e. The highest BCUT2D eigenvalue weighted by Gasteiger charge is 2.20. The minimum Gasteiger partial charge on any atom is -0.444 e. The Hall–Kier alpha value is -2.14. The summed E-state index contributed by atoms with van der Waals surface area (Å²) < 4.78 is 5.36. The van der Waals surface area contributed by atoms with Crippen LogP contribution in [-0.2, 0) is 4.79 Å². The molecule has 0 bridgehead atoms. The predicted octanol–water partition coefficient (Wildman–Crippen LogP) is 1.86. The van der Waals surface area contributed by atoms with Crippen LogP contribution in [0.3, 0.4) is 0 Å². The number of nitrogens with one attached hydrogen (secondary N) is 1. The minimum absolute atomic E-state index is 0.255. The molecule has 2 rings (SSSR count). The Morgan fingerprint density at radius 3 is 2.63 bits per heavy atom. The number of nitrogens with two attached hydrogens (primary N) is 1. The lowest BCUT2D eigenvalue weighted by Crippen LogP contribution is -2.35. The molecule has 3 N–H and O–H groups in total. The van der Waals surface area contributed by atoms with Crippen molar-refractivity contribution in [1.29, 1.82) is 0 Å². The third-order valence-corrected chi connectivity index (χ3v) is 2.81. The number of aryl methyl sites for hydroxylation is 1. The standard InChI is InChI=1S/C14H17N3O2/c1-9-8-16-14(19-9)10(2)17-13(18)12(15)11-6-4-3-5-7-11/h3-8,10,12H,15H2,1-2H3,(H,17,18). The fourth-order valence-corrected chi connectivity index (χ4v) is 1.75. The molecule has 2 unspecified atom stereocenters. The van der Waals surface area contributed by atoms with Gasteiger partial charge in [-0.15, -0.1) is 0 Å². The number of carbonyl (C=O) groups is 1. The molecule has 1 aromatic heterocycles. The average molecular weight is 259 g/mol. The van der Waals surface area contributed by atoms with Crippen LogP contribution >= 0.6 is 0 Å². The summed E-state index contributed by atoms with van der Waals surface area (Å²) in [5, 5.41) is 2.79. The minimum atomic E-state index is -0.695. The van der Waals surface area contributed by atoms with E-state index in [1.165, 1.54) is 0 Å². The van der Waals surface area contributed by atoms with Crippen molar-refractivity contribution >= 4 is 5.91 Å². The van der Waals surface area contributed by atoms with Crippen molar-refractivity contribution in [3.8, 4) is 0 Å². The molecule has 1 aromatic carbocycles. The van der Waals surface area contributed by atoms with Crippen molar-refractivity contribution in [3.05, 3.63) is 53.7 Å². The molecule has 0 spiro atoms. The SMILES string of the molecule is Cc1cnc(C(C)NC(=O)C(N)c2ccccc2)o1. The maximum absolute atomic E-state index is 12.0. The van der Waals surface area contributed by atoms with Gasteiger partial charge in [-0.2, -0.15) is 0 Å². The fraction of sp³-hybridized carbons (Fsp3) is 0.286. The maximum Gasteiger partial charge on any atom is 0.242 e. The Kier molecular flexibility index (Phi) is 3.97. The van der Waals surface area contributed by atoms with Gasteiger partial charge in [-0.3, -0.25) is 4.79 Å². The lowest BCUT2D eigenvalue weighted by Gasteiger charge is -2.15. The quantitative estimate of drug-likeness (QED) is 0.878. The molecule has 19 heavy (non-hydrogen) atoms. The van der Waals surface area contributed by atoms with Gasteiger partial charge in [0.05, 0.1) is 6.20 Å². The van der Waals surface area contributed by atoms with E-state index in [1.54, 1.807) is 20.0 Å². The van der Waals surface area contributed by atoms with E-state index in [1.807, 2.05) is 30.3 Å². The lowest BCUT2D eigenvalue weighted by atomic mass is 10.1. The van der Waals surface area contributed by atoms with E-state index < -0.39 is 6.04 Å². The molecule has 0 aliphatic carbocycles. The Morgan fingerprint density at radius 1 is 1.37 bits per heavy atom. The number of amides is 1. The van der Waals surface area contributed by atoms with Gasteiger partial charge >= 0.3 is 0 Å². The van der Waals surface area contributed by atoms with E-state index in [0.29, 0.717) is 11.7 Å². The number of nitrogens with zero attached hydrogens (tertiary/aromatic N) is 1. The number of rotatable bonds is 4. The summed E-state index contributed by atoms with van der Waals surface area (Å²) in [5.41, 5.74) is 6.68. The first-order chi connectivity index (χ1) is 9.08. The summed E-state index contributed by atoms with van der Waals surface area (Å²) in [5.74, 6) is 0.934. The van der Waals surface area contributed by atoms with Gasteiger partial charge in [-0.25, -0.2) is 4.98 Å². The van der Waals surface area contributed by atoms with Crippen molar-refractivity contribution < 1.29 is 9.21 Å². The van der Waals surface area contributed by atoms with Gasteiger partial charge in [0.25, 0.3) is 0 Å². The predicted molar refractivity (Wildman–Crippen MR) is 71.2 cm³/mol. The first kappa shape index (κ1) is 13.3. The van der Waals surface area contributed by atoms with Crippen LogP contribution in [0.2, 0.25) is 0 Å². The van der Waals surface area contributed by atoms with Crippen LogP contribution < -0.4 is 11.1 Å². The van der Waals surface area contributed by atoms with Crippen molar-refractivity contribution in [2.45, 2.75) is 25.9 Å². The average Bonchev–Trinajstić information content (AvgIpc) is 2.85. The number of oxazole rings is 1. The molecule has 0 aliphatic heterocycles. The van der Waals surface area contributed by atoms with Crippen molar-refractivity contribution in [1.82, 2.24) is 10.3 Å². The third-order valence-electron chi connectivity index (χ3n) is 2.81. The van der Waals surface area contributed by atoms with Crippen LogP contribution in [-0.4, -0.2) is 10.9 Å². The van der Waals surface area contributed by atoms with Crippen LogP contribution in [0.4, 0.5) is 0 Å². The molecule has 100 valence electrons. The zero-order chi connectivity index (χ0) is 13.8. The number of carbonyl (C=O) groups excluding carboxylic acids is 1. The maximum atomic E-state index is 12.0. The number of benzene rings is 1. The summed E-state index contributed by atoms with van der Waals surface area (Å²) in [6.07, 6.45) is 1.62. The molecule has 0 fully saturated rings. The highest BCUT2D eigenvalue weighted by Crippen LogP contribution is 2.15. The fourth-order valence-electron chi connectivity index (χ4n) is 1.75. The van der Waals surface area contributed by atoms with Crippen LogP contribution in [0.25, 0.3) is 0 Å². The van der Waals surface area contributed by atoms with Gasteiger partial charge in [0.2, 0.25) is 11.8 Å². The normalized spacial score (nSPS) is 13.8. The molecule has 5 nitrogen and oxygen atoms in total. The molecule has 2 aromatic rings. The van der Waals surface area contributed by atoms with Gasteiger partial charge in [-0.05, 0) is 19.4 Å². The largest absolute Gasteiger partial charge is 0.444 e. The van der Waals surface area contributed by atoms with Crippen molar-refractivity contribution in [2.24, 2.45) is 5.73 Å². The van der Waals surface area contributed by atoms with Gasteiger partial charge in [0.15, 0.2) is 0 Å². The second-order valence-corrected chi connectivity index (χ2v) is 4.43. The molecular weight excluding hydrogens is 242 g/mol. The second-order valence-electron chi connectivity index (χ2n) is 4.43.